The van der Waals surface area contributed by atoms with Crippen molar-refractivity contribution in [1.29, 1.82) is 0 Å². The highest BCUT2D eigenvalue weighted by Crippen LogP contribution is 2.31. The summed E-state index contributed by atoms with van der Waals surface area (Å²) in [6, 6.07) is 7.89. The normalized spacial score (nSPS) is 20.4. The summed E-state index contributed by atoms with van der Waals surface area (Å²) in [6.07, 6.45) is 5.67. The van der Waals surface area contributed by atoms with E-state index < -0.39 is 6.10 Å². The number of benzene rings is 1. The molecule has 1 aromatic carbocycles. The third-order valence-corrected chi connectivity index (χ3v) is 3.90. The maximum absolute atomic E-state index is 10.2. The molecular formula is C15H23NO. The van der Waals surface area contributed by atoms with Crippen LogP contribution in [0.5, 0.6) is 0 Å². The molecule has 17 heavy (non-hydrogen) atoms. The highest BCUT2D eigenvalue weighted by atomic mass is 16.3. The summed E-state index contributed by atoms with van der Waals surface area (Å²) < 4.78 is 0. The summed E-state index contributed by atoms with van der Waals surface area (Å²) in [7, 11) is 0. The summed E-state index contributed by atoms with van der Waals surface area (Å²) >= 11 is 0. The Morgan fingerprint density at radius 1 is 1.24 bits per heavy atom. The Bertz CT molecular complexity index is 340. The van der Waals surface area contributed by atoms with E-state index in [1.165, 1.54) is 31.2 Å². The summed E-state index contributed by atoms with van der Waals surface area (Å²) in [5.74, 6) is 0.727. The van der Waals surface area contributed by atoms with Gasteiger partial charge in [0.1, 0.15) is 0 Å². The maximum atomic E-state index is 10.2. The van der Waals surface area contributed by atoms with E-state index >= 15 is 0 Å². The third-order valence-electron chi connectivity index (χ3n) is 3.90. The Balaban J connectivity index is 1.93. The highest BCUT2D eigenvalue weighted by Gasteiger charge is 2.23. The molecule has 2 unspecified atom stereocenters. The number of aliphatic hydroxyl groups excluding tert-OH is 1. The molecule has 1 aliphatic rings. The summed E-state index contributed by atoms with van der Waals surface area (Å²) in [4.78, 5) is 0. The predicted octanol–water partition coefficient (Wildman–Crippen LogP) is 2.94. The van der Waals surface area contributed by atoms with Gasteiger partial charge in [-0.15, -0.1) is 0 Å². The molecule has 0 heterocycles. The summed E-state index contributed by atoms with van der Waals surface area (Å²) in [6.45, 7) is 2.05. The molecule has 94 valence electrons. The van der Waals surface area contributed by atoms with Crippen LogP contribution in [0.3, 0.4) is 0 Å². The lowest BCUT2D eigenvalue weighted by Crippen LogP contribution is -2.30. The van der Waals surface area contributed by atoms with Crippen molar-refractivity contribution in [2.45, 2.75) is 51.2 Å². The Labute approximate surface area is 104 Å². The summed E-state index contributed by atoms with van der Waals surface area (Å²) in [5, 5.41) is 10.2. The van der Waals surface area contributed by atoms with E-state index in [4.69, 9.17) is 5.73 Å². The Hall–Kier alpha value is -0.860. The molecule has 0 radical (unpaired) electrons. The second kappa shape index (κ2) is 5.65. The van der Waals surface area contributed by atoms with Gasteiger partial charge < -0.3 is 10.8 Å². The molecule has 0 spiro atoms. The van der Waals surface area contributed by atoms with Gasteiger partial charge in [-0.2, -0.15) is 0 Å². The molecule has 2 heteroatoms. The zero-order valence-corrected chi connectivity index (χ0v) is 10.6. The van der Waals surface area contributed by atoms with Crippen molar-refractivity contribution in [2.75, 3.05) is 0 Å². The van der Waals surface area contributed by atoms with Crippen LogP contribution in [0.1, 0.15) is 49.3 Å². The van der Waals surface area contributed by atoms with Gasteiger partial charge in [0.05, 0.1) is 6.10 Å². The van der Waals surface area contributed by atoms with Crippen molar-refractivity contribution in [3.63, 3.8) is 0 Å². The molecule has 1 aliphatic carbocycles. The van der Waals surface area contributed by atoms with Crippen molar-refractivity contribution in [3.8, 4) is 0 Å². The first-order valence-electron chi connectivity index (χ1n) is 6.67. The fraction of sp³-hybridized carbons (Fsp3) is 0.600. The standard InChI is InChI=1S/C15H23NO/c1-11-6-8-13(9-7-11)15(17)14(16)10-12-4-2-3-5-12/h6-9,12,14-15,17H,2-5,10,16H2,1H3. The maximum Gasteiger partial charge on any atom is 0.0940 e. The van der Waals surface area contributed by atoms with Crippen LogP contribution in [0.2, 0.25) is 0 Å². The Morgan fingerprint density at radius 3 is 2.41 bits per heavy atom. The number of nitrogens with two attached hydrogens (primary N) is 1. The van der Waals surface area contributed by atoms with Crippen molar-refractivity contribution in [2.24, 2.45) is 11.7 Å². The lowest BCUT2D eigenvalue weighted by Gasteiger charge is -2.22. The van der Waals surface area contributed by atoms with E-state index in [0.717, 1.165) is 17.9 Å². The van der Waals surface area contributed by atoms with E-state index in [-0.39, 0.29) is 6.04 Å². The largest absolute Gasteiger partial charge is 0.387 e. The lowest BCUT2D eigenvalue weighted by atomic mass is 9.92. The van der Waals surface area contributed by atoms with Crippen LogP contribution >= 0.6 is 0 Å². The molecule has 0 saturated heterocycles. The summed E-state index contributed by atoms with van der Waals surface area (Å²) in [5.41, 5.74) is 8.28. The first-order chi connectivity index (χ1) is 8.16. The molecular weight excluding hydrogens is 210 g/mol. The molecule has 1 aromatic rings. The van der Waals surface area contributed by atoms with Gasteiger partial charge in [0.15, 0.2) is 0 Å². The van der Waals surface area contributed by atoms with Crippen LogP contribution in [-0.2, 0) is 0 Å². The van der Waals surface area contributed by atoms with Gasteiger partial charge in [-0.1, -0.05) is 55.5 Å². The van der Waals surface area contributed by atoms with E-state index in [0.29, 0.717) is 0 Å². The zero-order chi connectivity index (χ0) is 12.3. The van der Waals surface area contributed by atoms with E-state index in [1.54, 1.807) is 0 Å². The lowest BCUT2D eigenvalue weighted by molar-refractivity contribution is 0.133. The molecule has 0 amide bonds. The molecule has 2 nitrogen and oxygen atoms in total. The fourth-order valence-electron chi connectivity index (χ4n) is 2.77. The number of hydrogen-bond acceptors (Lipinski definition) is 2. The van der Waals surface area contributed by atoms with Gasteiger partial charge in [-0.05, 0) is 24.8 Å². The number of aryl methyl sites for hydroxylation is 1. The van der Waals surface area contributed by atoms with Crippen LogP contribution in [-0.4, -0.2) is 11.1 Å². The van der Waals surface area contributed by atoms with Gasteiger partial charge in [0, 0.05) is 6.04 Å². The van der Waals surface area contributed by atoms with E-state index in [9.17, 15) is 5.11 Å². The number of aliphatic hydroxyl groups is 1. The molecule has 0 aromatic heterocycles. The first-order valence-corrected chi connectivity index (χ1v) is 6.67. The molecule has 0 bridgehead atoms. The molecule has 1 saturated carbocycles. The fourth-order valence-corrected chi connectivity index (χ4v) is 2.77. The first kappa shape index (κ1) is 12.6. The molecule has 1 fully saturated rings. The minimum Gasteiger partial charge on any atom is -0.387 e. The number of hydrogen-bond donors (Lipinski definition) is 2. The minimum atomic E-state index is -0.517. The molecule has 2 rings (SSSR count). The highest BCUT2D eigenvalue weighted by molar-refractivity contribution is 5.24. The SMILES string of the molecule is Cc1ccc(C(O)C(N)CC2CCCC2)cc1. The van der Waals surface area contributed by atoms with E-state index in [2.05, 4.69) is 6.92 Å². The van der Waals surface area contributed by atoms with Crippen LogP contribution in [0.4, 0.5) is 0 Å². The minimum absolute atomic E-state index is 0.124. The average molecular weight is 233 g/mol. The van der Waals surface area contributed by atoms with Gasteiger partial charge in [0.2, 0.25) is 0 Å². The van der Waals surface area contributed by atoms with Crippen LogP contribution in [0.15, 0.2) is 24.3 Å². The van der Waals surface area contributed by atoms with Crippen molar-refractivity contribution in [3.05, 3.63) is 35.4 Å². The van der Waals surface area contributed by atoms with Crippen LogP contribution in [0, 0.1) is 12.8 Å². The van der Waals surface area contributed by atoms with Gasteiger partial charge >= 0.3 is 0 Å². The van der Waals surface area contributed by atoms with Crippen molar-refractivity contribution < 1.29 is 5.11 Å². The molecule has 3 N–H and O–H groups in total. The van der Waals surface area contributed by atoms with Gasteiger partial charge in [-0.25, -0.2) is 0 Å². The zero-order valence-electron chi connectivity index (χ0n) is 10.6. The molecule has 2 atom stereocenters. The Kier molecular flexibility index (Phi) is 4.19. The van der Waals surface area contributed by atoms with Gasteiger partial charge in [0.25, 0.3) is 0 Å². The quantitative estimate of drug-likeness (QED) is 0.840. The van der Waals surface area contributed by atoms with Crippen molar-refractivity contribution >= 4 is 0 Å². The predicted molar refractivity (Wildman–Crippen MR) is 70.7 cm³/mol. The number of rotatable bonds is 4. The van der Waals surface area contributed by atoms with Crippen molar-refractivity contribution in [1.82, 2.24) is 0 Å². The molecule has 0 aliphatic heterocycles. The van der Waals surface area contributed by atoms with E-state index in [1.807, 2.05) is 24.3 Å². The second-order valence-electron chi connectivity index (χ2n) is 5.41. The monoisotopic (exact) mass is 233 g/mol. The smallest absolute Gasteiger partial charge is 0.0940 e. The Morgan fingerprint density at radius 2 is 1.82 bits per heavy atom. The van der Waals surface area contributed by atoms with Gasteiger partial charge in [-0.3, -0.25) is 0 Å². The van der Waals surface area contributed by atoms with Crippen LogP contribution < -0.4 is 5.73 Å². The third kappa shape index (κ3) is 3.30. The van der Waals surface area contributed by atoms with Crippen LogP contribution in [0.25, 0.3) is 0 Å². The second-order valence-corrected chi connectivity index (χ2v) is 5.41. The average Bonchev–Trinajstić information content (AvgIpc) is 2.82. The topological polar surface area (TPSA) is 46.2 Å².